The van der Waals surface area contributed by atoms with Crippen LogP contribution in [0.2, 0.25) is 0 Å². The molecule has 9 rings (SSSR count). The number of piperidine rings is 3. The van der Waals surface area contributed by atoms with Crippen molar-refractivity contribution in [3.8, 4) is 0 Å². The second kappa shape index (κ2) is 14.4. The van der Waals surface area contributed by atoms with Crippen molar-refractivity contribution in [3.63, 3.8) is 0 Å². The molecule has 6 amide bonds. The topological polar surface area (TPSA) is 187 Å². The Balaban J connectivity index is 0.785. The zero-order valence-electron chi connectivity index (χ0n) is 33.5. The number of aliphatic hydroxyl groups is 1. The molecule has 2 aromatic heterocycles. The first-order valence-electron chi connectivity index (χ1n) is 20.6. The van der Waals surface area contributed by atoms with E-state index in [1.54, 1.807) is 38.1 Å². The van der Waals surface area contributed by atoms with Gasteiger partial charge < -0.3 is 20.2 Å². The third-order valence-electron chi connectivity index (χ3n) is 13.2. The van der Waals surface area contributed by atoms with E-state index in [9.17, 15) is 33.9 Å². The SMILES string of the molecule is Cc1cccc(C(=O)Nc2cc3cn(C4CC5(CCN(C(=O)C6CCN(c7ccc8c(c7)C(=O)N(C7CCC(=O)NC7=O)C8=O)CC6)CC5)C4)nc3cc2C(C)(C)O)n1. The normalized spacial score (nSPS) is 21.2. The highest BCUT2D eigenvalue weighted by atomic mass is 16.3. The first kappa shape index (κ1) is 38.6. The number of imide groups is 2. The van der Waals surface area contributed by atoms with Crippen molar-refractivity contribution < 1.29 is 33.9 Å². The van der Waals surface area contributed by atoms with Gasteiger partial charge in [-0.25, -0.2) is 4.98 Å². The van der Waals surface area contributed by atoms with Gasteiger partial charge in [0.05, 0.1) is 28.3 Å². The molecule has 4 aromatic rings. The number of fused-ring (bicyclic) bond motifs is 2. The summed E-state index contributed by atoms with van der Waals surface area (Å²) in [6, 6.07) is 13.4. The molecule has 0 bridgehead atoms. The van der Waals surface area contributed by atoms with E-state index in [1.165, 1.54) is 0 Å². The molecule has 6 heterocycles. The number of anilines is 2. The van der Waals surface area contributed by atoms with E-state index in [0.29, 0.717) is 42.9 Å². The monoisotopic (exact) mass is 800 g/mol. The number of hydrogen-bond acceptors (Lipinski definition) is 10. The van der Waals surface area contributed by atoms with Crippen LogP contribution in [0.25, 0.3) is 10.9 Å². The van der Waals surface area contributed by atoms with Gasteiger partial charge in [0.15, 0.2) is 0 Å². The Hall–Kier alpha value is -5.96. The molecule has 1 atom stereocenters. The Labute approximate surface area is 341 Å². The molecule has 2 aromatic carbocycles. The van der Waals surface area contributed by atoms with E-state index in [4.69, 9.17) is 5.10 Å². The summed E-state index contributed by atoms with van der Waals surface area (Å²) in [6.45, 7) is 7.94. The summed E-state index contributed by atoms with van der Waals surface area (Å²) in [5.74, 6) is -2.33. The van der Waals surface area contributed by atoms with Gasteiger partial charge in [0, 0.05) is 72.7 Å². The molecule has 59 heavy (non-hydrogen) atoms. The number of hydrogen-bond donors (Lipinski definition) is 3. The van der Waals surface area contributed by atoms with Crippen LogP contribution in [0.15, 0.2) is 54.7 Å². The van der Waals surface area contributed by atoms with Crippen LogP contribution in [0.5, 0.6) is 0 Å². The number of carbonyl (C=O) groups is 6. The Kier molecular flexibility index (Phi) is 9.41. The average Bonchev–Trinajstić information content (AvgIpc) is 3.72. The van der Waals surface area contributed by atoms with Gasteiger partial charge in [-0.05, 0) is 114 Å². The highest BCUT2D eigenvalue weighted by Crippen LogP contribution is 2.55. The Morgan fingerprint density at radius 3 is 2.34 bits per heavy atom. The van der Waals surface area contributed by atoms with Gasteiger partial charge in [0.1, 0.15) is 11.7 Å². The summed E-state index contributed by atoms with van der Waals surface area (Å²) in [5.41, 5.74) is 3.12. The summed E-state index contributed by atoms with van der Waals surface area (Å²) >= 11 is 0. The van der Waals surface area contributed by atoms with E-state index in [2.05, 4.69) is 20.5 Å². The standard InChI is InChI=1S/C44H48N8O7/c1-25-5-4-6-33(45-25)38(54)46-35-19-27-24-51(48-34(27)21-32(35)43(2,3)59)29-22-44(23-29)13-17-50(18-14-44)40(56)26-11-15-49(16-12-26)28-7-8-30-31(20-28)42(58)52(41(30)57)36-9-10-37(53)47-39(36)55/h4-8,19-21,24,26,29,36,59H,9-18,22-23H2,1-3H3,(H,46,54)(H,47,53,55). The summed E-state index contributed by atoms with van der Waals surface area (Å²) in [7, 11) is 0. The molecule has 3 saturated heterocycles. The fourth-order valence-corrected chi connectivity index (χ4v) is 9.78. The lowest BCUT2D eigenvalue weighted by Gasteiger charge is -2.52. The third kappa shape index (κ3) is 7.04. The smallest absolute Gasteiger partial charge is 0.274 e. The molecule has 0 radical (unpaired) electrons. The van der Waals surface area contributed by atoms with Crippen LogP contribution in [0.1, 0.15) is 114 Å². The van der Waals surface area contributed by atoms with Crippen LogP contribution >= 0.6 is 0 Å². The lowest BCUT2D eigenvalue weighted by Crippen LogP contribution is -2.54. The Bertz CT molecular complexity index is 2430. The third-order valence-corrected chi connectivity index (χ3v) is 13.2. The van der Waals surface area contributed by atoms with Crippen molar-refractivity contribution in [2.24, 2.45) is 11.3 Å². The summed E-state index contributed by atoms with van der Waals surface area (Å²) < 4.78 is 2.02. The van der Waals surface area contributed by atoms with E-state index in [-0.39, 0.29) is 53.2 Å². The molecular weight excluding hydrogens is 753 g/mol. The molecule has 15 nitrogen and oxygen atoms in total. The molecule has 1 saturated carbocycles. The summed E-state index contributed by atoms with van der Waals surface area (Å²) in [5, 5.41) is 22.0. The number of pyridine rings is 1. The minimum absolute atomic E-state index is 0.0679. The molecule has 306 valence electrons. The number of benzene rings is 2. The Morgan fingerprint density at radius 1 is 0.915 bits per heavy atom. The highest BCUT2D eigenvalue weighted by Gasteiger charge is 2.48. The molecule has 4 fully saturated rings. The molecule has 1 unspecified atom stereocenters. The average molecular weight is 801 g/mol. The number of rotatable bonds is 7. The minimum Gasteiger partial charge on any atom is -0.386 e. The largest absolute Gasteiger partial charge is 0.386 e. The van der Waals surface area contributed by atoms with E-state index >= 15 is 0 Å². The Morgan fingerprint density at radius 2 is 1.64 bits per heavy atom. The van der Waals surface area contributed by atoms with Crippen LogP contribution < -0.4 is 15.5 Å². The van der Waals surface area contributed by atoms with Crippen LogP contribution in [0.3, 0.4) is 0 Å². The molecule has 1 aliphatic carbocycles. The van der Waals surface area contributed by atoms with Crippen molar-refractivity contribution in [1.82, 2.24) is 29.9 Å². The molecule has 4 aliphatic heterocycles. The number of amides is 6. The molecule has 3 N–H and O–H groups in total. The predicted molar refractivity (Wildman–Crippen MR) is 216 cm³/mol. The quantitative estimate of drug-likeness (QED) is 0.225. The summed E-state index contributed by atoms with van der Waals surface area (Å²) in [6.07, 6.45) is 7.40. The van der Waals surface area contributed by atoms with Crippen molar-refractivity contribution in [1.29, 1.82) is 0 Å². The number of aromatic nitrogens is 3. The van der Waals surface area contributed by atoms with Crippen molar-refractivity contribution in [2.45, 2.75) is 89.8 Å². The van der Waals surface area contributed by atoms with E-state index < -0.39 is 35.3 Å². The fraction of sp³-hybridized carbons (Fsp3) is 0.455. The van der Waals surface area contributed by atoms with Crippen LogP contribution in [0, 0.1) is 18.3 Å². The zero-order valence-corrected chi connectivity index (χ0v) is 33.5. The van der Waals surface area contributed by atoms with E-state index in [0.717, 1.165) is 66.0 Å². The zero-order chi connectivity index (χ0) is 41.4. The second-order valence-corrected chi connectivity index (χ2v) is 17.6. The predicted octanol–water partition coefficient (Wildman–Crippen LogP) is 4.48. The second-order valence-electron chi connectivity index (χ2n) is 17.6. The van der Waals surface area contributed by atoms with Gasteiger partial charge in [-0.2, -0.15) is 5.10 Å². The maximum Gasteiger partial charge on any atom is 0.274 e. The minimum atomic E-state index is -1.22. The summed E-state index contributed by atoms with van der Waals surface area (Å²) in [4.78, 5) is 87.0. The maximum absolute atomic E-state index is 13.8. The number of aryl methyl sites for hydroxylation is 1. The van der Waals surface area contributed by atoms with Gasteiger partial charge >= 0.3 is 0 Å². The highest BCUT2D eigenvalue weighted by molar-refractivity contribution is 6.23. The van der Waals surface area contributed by atoms with E-state index in [1.807, 2.05) is 47.0 Å². The van der Waals surface area contributed by atoms with Crippen molar-refractivity contribution >= 4 is 57.7 Å². The first-order valence-corrected chi connectivity index (χ1v) is 20.6. The molecular formula is C44H48N8O7. The lowest BCUT2D eigenvalue weighted by atomic mass is 9.60. The number of likely N-dealkylation sites (tertiary alicyclic amines) is 1. The molecule has 1 spiro atoms. The molecule has 5 aliphatic rings. The van der Waals surface area contributed by atoms with Crippen molar-refractivity contribution in [2.75, 3.05) is 36.4 Å². The lowest BCUT2D eigenvalue weighted by molar-refractivity contribution is -0.140. The number of carbonyl (C=O) groups excluding carboxylic acids is 6. The molecule has 15 heteroatoms. The van der Waals surface area contributed by atoms with Gasteiger partial charge in [0.25, 0.3) is 17.7 Å². The van der Waals surface area contributed by atoms with Crippen LogP contribution in [-0.4, -0.2) is 97.3 Å². The van der Waals surface area contributed by atoms with Crippen LogP contribution in [-0.2, 0) is 20.0 Å². The van der Waals surface area contributed by atoms with Gasteiger partial charge in [-0.1, -0.05) is 6.07 Å². The van der Waals surface area contributed by atoms with Gasteiger partial charge in [-0.15, -0.1) is 0 Å². The first-order chi connectivity index (χ1) is 28.2. The number of nitrogens with one attached hydrogen (secondary N) is 2. The number of nitrogens with zero attached hydrogens (tertiary/aromatic N) is 6. The van der Waals surface area contributed by atoms with Crippen LogP contribution in [0.4, 0.5) is 11.4 Å². The van der Waals surface area contributed by atoms with Gasteiger partial charge in [0.2, 0.25) is 17.7 Å². The van der Waals surface area contributed by atoms with Crippen molar-refractivity contribution in [3.05, 3.63) is 82.8 Å². The maximum atomic E-state index is 13.8. The fourth-order valence-electron chi connectivity index (χ4n) is 9.78. The van der Waals surface area contributed by atoms with Gasteiger partial charge in [-0.3, -0.25) is 43.7 Å².